The molecule has 0 unspecified atom stereocenters. The van der Waals surface area contributed by atoms with Crippen molar-refractivity contribution in [3.63, 3.8) is 0 Å². The van der Waals surface area contributed by atoms with Crippen LogP contribution < -0.4 is 4.74 Å². The Morgan fingerprint density at radius 3 is 2.93 bits per heavy atom. The van der Waals surface area contributed by atoms with Crippen LogP contribution in [0.4, 0.5) is 0 Å². The van der Waals surface area contributed by atoms with Gasteiger partial charge in [0, 0.05) is 44.1 Å². The molecule has 1 spiro atoms. The van der Waals surface area contributed by atoms with Crippen LogP contribution in [0.2, 0.25) is 0 Å². The molecule has 0 radical (unpaired) electrons. The van der Waals surface area contributed by atoms with Gasteiger partial charge in [0.25, 0.3) is 0 Å². The van der Waals surface area contributed by atoms with E-state index in [1.165, 1.54) is 5.39 Å². The Morgan fingerprint density at radius 2 is 2.04 bits per heavy atom. The van der Waals surface area contributed by atoms with Crippen molar-refractivity contribution in [2.75, 3.05) is 19.7 Å². The van der Waals surface area contributed by atoms with Gasteiger partial charge in [-0.25, -0.2) is 0 Å². The Labute approximate surface area is 159 Å². The highest BCUT2D eigenvalue weighted by atomic mass is 16.5. The molecule has 2 aromatic heterocycles. The number of hydrogen-bond acceptors (Lipinski definition) is 5. The number of benzene rings is 1. The summed E-state index contributed by atoms with van der Waals surface area (Å²) in [5, 5.41) is 1.19. The van der Waals surface area contributed by atoms with Gasteiger partial charge < -0.3 is 9.47 Å². The number of hydrogen-bond donors (Lipinski definition) is 0. The van der Waals surface area contributed by atoms with Crippen LogP contribution in [-0.2, 0) is 11.3 Å². The van der Waals surface area contributed by atoms with Crippen LogP contribution in [0.5, 0.6) is 5.75 Å². The lowest BCUT2D eigenvalue weighted by Gasteiger charge is -2.53. The molecule has 2 aliphatic heterocycles. The highest BCUT2D eigenvalue weighted by Gasteiger charge is 2.48. The molecule has 1 aromatic carbocycles. The fourth-order valence-corrected chi connectivity index (χ4v) is 4.22. The van der Waals surface area contributed by atoms with Gasteiger partial charge in [-0.1, -0.05) is 24.3 Å². The molecule has 2 aliphatic rings. The molecule has 0 bridgehead atoms. The Bertz CT molecular complexity index is 925. The van der Waals surface area contributed by atoms with E-state index in [4.69, 9.17) is 14.5 Å². The van der Waals surface area contributed by atoms with Crippen LogP contribution in [0.25, 0.3) is 10.9 Å². The molecule has 27 heavy (non-hydrogen) atoms. The van der Waals surface area contributed by atoms with Crippen molar-refractivity contribution in [1.82, 2.24) is 14.9 Å². The number of nitrogens with zero attached hydrogens (tertiary/aromatic N) is 3. The maximum atomic E-state index is 6.15. The van der Waals surface area contributed by atoms with Crippen LogP contribution in [-0.4, -0.2) is 46.3 Å². The number of fused-ring (bicyclic) bond motifs is 1. The quantitative estimate of drug-likeness (QED) is 0.712. The fraction of sp³-hybridized carbons (Fsp3) is 0.364. The molecule has 138 valence electrons. The van der Waals surface area contributed by atoms with E-state index >= 15 is 0 Å². The first-order valence-corrected chi connectivity index (χ1v) is 9.56. The molecule has 0 amide bonds. The number of ether oxygens (including phenoxy) is 2. The number of para-hydroxylation sites is 1. The molecule has 0 aliphatic carbocycles. The zero-order valence-electron chi connectivity index (χ0n) is 15.3. The lowest BCUT2D eigenvalue weighted by Crippen LogP contribution is -2.65. The monoisotopic (exact) mass is 361 g/mol. The van der Waals surface area contributed by atoms with E-state index in [1.807, 2.05) is 24.3 Å². The number of pyridine rings is 2. The van der Waals surface area contributed by atoms with E-state index in [0.717, 1.165) is 56.0 Å². The molecule has 4 heterocycles. The van der Waals surface area contributed by atoms with E-state index in [9.17, 15) is 0 Å². The second kappa shape index (κ2) is 6.91. The molecule has 1 atom stereocenters. The van der Waals surface area contributed by atoms with Crippen molar-refractivity contribution in [2.24, 2.45) is 0 Å². The van der Waals surface area contributed by atoms with Gasteiger partial charge >= 0.3 is 0 Å². The third-order valence-corrected chi connectivity index (χ3v) is 5.45. The zero-order chi connectivity index (χ0) is 18.1. The Balaban J connectivity index is 1.20. The smallest absolute Gasteiger partial charge is 0.138 e. The summed E-state index contributed by atoms with van der Waals surface area (Å²) in [7, 11) is 0. The Morgan fingerprint density at radius 1 is 1.11 bits per heavy atom. The van der Waals surface area contributed by atoms with Crippen molar-refractivity contribution >= 4 is 10.9 Å². The van der Waals surface area contributed by atoms with E-state index in [2.05, 4.69) is 34.1 Å². The first-order chi connectivity index (χ1) is 13.3. The van der Waals surface area contributed by atoms with Gasteiger partial charge in [0.05, 0.1) is 29.6 Å². The summed E-state index contributed by atoms with van der Waals surface area (Å²) in [4.78, 5) is 11.3. The van der Waals surface area contributed by atoms with Crippen LogP contribution in [0.1, 0.15) is 18.5 Å². The highest BCUT2D eigenvalue weighted by molar-refractivity contribution is 5.78. The van der Waals surface area contributed by atoms with Crippen molar-refractivity contribution < 1.29 is 9.47 Å². The van der Waals surface area contributed by atoms with Gasteiger partial charge in [-0.15, -0.1) is 0 Å². The lowest BCUT2D eigenvalue weighted by molar-refractivity contribution is -0.188. The van der Waals surface area contributed by atoms with Crippen LogP contribution in [0, 0.1) is 0 Å². The molecular formula is C22H23N3O2. The van der Waals surface area contributed by atoms with Gasteiger partial charge in [-0.2, -0.15) is 0 Å². The third kappa shape index (κ3) is 3.53. The SMILES string of the molecule is c1cncc(O[C@@H]2CCOC3(C2)CN(Cc2ccc4ccccc4n2)C3)c1. The van der Waals surface area contributed by atoms with Crippen molar-refractivity contribution in [3.05, 3.63) is 66.6 Å². The summed E-state index contributed by atoms with van der Waals surface area (Å²) in [6.45, 7) is 3.50. The maximum Gasteiger partial charge on any atom is 0.138 e. The topological polar surface area (TPSA) is 47.5 Å². The largest absolute Gasteiger partial charge is 0.489 e. The van der Waals surface area contributed by atoms with Gasteiger partial charge in [0.1, 0.15) is 11.9 Å². The lowest BCUT2D eigenvalue weighted by atomic mass is 9.84. The molecule has 2 saturated heterocycles. The summed E-state index contributed by atoms with van der Waals surface area (Å²) >= 11 is 0. The average Bonchev–Trinajstić information content (AvgIpc) is 2.68. The number of likely N-dealkylation sites (tertiary alicyclic amines) is 1. The van der Waals surface area contributed by atoms with Gasteiger partial charge in [-0.3, -0.25) is 14.9 Å². The summed E-state index contributed by atoms with van der Waals surface area (Å²) in [6, 6.07) is 16.4. The van der Waals surface area contributed by atoms with Crippen molar-refractivity contribution in [2.45, 2.75) is 31.1 Å². The second-order valence-electron chi connectivity index (χ2n) is 7.59. The Hall–Kier alpha value is -2.50. The van der Waals surface area contributed by atoms with E-state index in [-0.39, 0.29) is 11.7 Å². The molecule has 0 N–H and O–H groups in total. The summed E-state index contributed by atoms with van der Waals surface area (Å²) in [5.41, 5.74) is 2.11. The standard InChI is InChI=1S/C22H23N3O2/c1-2-6-21-17(4-1)7-8-18(24-21)14-25-15-22(16-25)12-19(9-11-26-22)27-20-5-3-10-23-13-20/h1-8,10,13,19H,9,11-12,14-16H2/t19-/m1/s1. The summed E-state index contributed by atoms with van der Waals surface area (Å²) in [5.74, 6) is 0.844. The van der Waals surface area contributed by atoms with Gasteiger partial charge in [0.2, 0.25) is 0 Å². The van der Waals surface area contributed by atoms with Gasteiger partial charge in [0.15, 0.2) is 0 Å². The molecule has 5 heteroatoms. The van der Waals surface area contributed by atoms with Crippen molar-refractivity contribution in [3.8, 4) is 5.75 Å². The molecule has 2 fully saturated rings. The average molecular weight is 361 g/mol. The molecule has 5 nitrogen and oxygen atoms in total. The highest BCUT2D eigenvalue weighted by Crippen LogP contribution is 2.36. The molecule has 0 saturated carbocycles. The molecule has 5 rings (SSSR count). The third-order valence-electron chi connectivity index (χ3n) is 5.45. The predicted molar refractivity (Wildman–Crippen MR) is 104 cm³/mol. The van der Waals surface area contributed by atoms with Crippen LogP contribution in [0.3, 0.4) is 0 Å². The van der Waals surface area contributed by atoms with Gasteiger partial charge in [-0.05, 0) is 24.3 Å². The molecule has 3 aromatic rings. The fourth-order valence-electron chi connectivity index (χ4n) is 4.22. The maximum absolute atomic E-state index is 6.15. The van der Waals surface area contributed by atoms with Crippen LogP contribution in [0.15, 0.2) is 60.9 Å². The Kier molecular flexibility index (Phi) is 4.26. The number of aromatic nitrogens is 2. The van der Waals surface area contributed by atoms with Crippen LogP contribution >= 0.6 is 0 Å². The van der Waals surface area contributed by atoms with Crippen molar-refractivity contribution in [1.29, 1.82) is 0 Å². The van der Waals surface area contributed by atoms with E-state index in [0.29, 0.717) is 0 Å². The normalized spacial score (nSPS) is 21.9. The minimum absolute atomic E-state index is 0.0675. The second-order valence-corrected chi connectivity index (χ2v) is 7.59. The first-order valence-electron chi connectivity index (χ1n) is 9.56. The molecular weight excluding hydrogens is 338 g/mol. The predicted octanol–water partition coefficient (Wildman–Crippen LogP) is 3.44. The zero-order valence-corrected chi connectivity index (χ0v) is 15.3. The summed E-state index contributed by atoms with van der Waals surface area (Å²) < 4.78 is 12.3. The minimum Gasteiger partial charge on any atom is -0.489 e. The minimum atomic E-state index is -0.0675. The van der Waals surface area contributed by atoms with E-state index < -0.39 is 0 Å². The number of rotatable bonds is 4. The summed E-state index contributed by atoms with van der Waals surface area (Å²) in [6.07, 6.45) is 5.61. The first kappa shape index (κ1) is 16.7. The van der Waals surface area contributed by atoms with E-state index in [1.54, 1.807) is 12.4 Å².